The van der Waals surface area contributed by atoms with Crippen LogP contribution in [0.4, 0.5) is 229 Å². The molecular formula is C38H26F51NO4Si. The van der Waals surface area contributed by atoms with Crippen LogP contribution in [-0.4, -0.2) is 181 Å². The number of ether oxygens (including phenoxy) is 1. The maximum Gasteiger partial charge on any atom is 0.460 e. The highest BCUT2D eigenvalue weighted by molar-refractivity contribution is 6.80. The number of carboxylic acids is 1. The molecule has 568 valence electrons. The smallest absolute Gasteiger partial charge is 0.460 e. The number of halogens is 51. The molecular weight excluding hydrogens is 1530 g/mol. The number of alkyl halides is 51. The van der Waals surface area contributed by atoms with Gasteiger partial charge < -0.3 is 15.2 Å². The number of rotatable bonds is 33. The van der Waals surface area contributed by atoms with Crippen molar-refractivity contribution in [2.45, 2.75) is 206 Å². The van der Waals surface area contributed by atoms with Gasteiger partial charge in [0.15, 0.2) is 0 Å². The van der Waals surface area contributed by atoms with Crippen LogP contribution in [0.15, 0.2) is 0 Å². The van der Waals surface area contributed by atoms with Gasteiger partial charge >= 0.3 is 155 Å². The van der Waals surface area contributed by atoms with Crippen molar-refractivity contribution >= 4 is 20.1 Å². The summed E-state index contributed by atoms with van der Waals surface area (Å²) in [5, 5.41) is 10.1. The number of hydrogen-bond donors (Lipinski definition) is 2. The minimum atomic E-state index is -9.76. The zero-order valence-electron chi connectivity index (χ0n) is 43.8. The highest BCUT2D eigenvalue weighted by atomic mass is 28.3. The molecule has 0 unspecified atom stereocenters. The van der Waals surface area contributed by atoms with Crippen LogP contribution >= 0.6 is 0 Å². The average molecular weight is 1560 g/mol. The number of nitrogens with one attached hydrogen (secondary N) is 1. The summed E-state index contributed by atoms with van der Waals surface area (Å²) in [7, 11) is -7.80. The van der Waals surface area contributed by atoms with E-state index in [1.165, 1.54) is 0 Å². The summed E-state index contributed by atoms with van der Waals surface area (Å²) in [5.41, 5.74) is 0. The molecule has 0 saturated heterocycles. The predicted molar refractivity (Wildman–Crippen MR) is 202 cm³/mol. The third kappa shape index (κ3) is 13.6. The van der Waals surface area contributed by atoms with Gasteiger partial charge in [0.05, 0.1) is 14.7 Å². The Labute approximate surface area is 488 Å². The van der Waals surface area contributed by atoms with Gasteiger partial charge in [0.1, 0.15) is 6.04 Å². The largest absolute Gasteiger partial charge is 0.480 e. The summed E-state index contributed by atoms with van der Waals surface area (Å²) in [6.45, 7) is -1.52. The number of aliphatic carboxylic acids is 1. The van der Waals surface area contributed by atoms with E-state index in [2.05, 4.69) is 4.74 Å². The first-order chi connectivity index (χ1) is 40.5. The van der Waals surface area contributed by atoms with Crippen molar-refractivity contribution in [1.82, 2.24) is 5.32 Å². The topological polar surface area (TPSA) is 75.6 Å². The highest BCUT2D eigenvalue weighted by Crippen LogP contribution is 2.69. The number of carboxylic acid groups (broad SMARTS) is 1. The third-order valence-electron chi connectivity index (χ3n) is 13.3. The summed E-state index contributed by atoms with van der Waals surface area (Å²) in [4.78, 5) is 23.8. The van der Waals surface area contributed by atoms with Crippen LogP contribution in [0.1, 0.15) is 33.1 Å². The molecule has 0 saturated carbocycles. The lowest BCUT2D eigenvalue weighted by Crippen LogP contribution is -2.74. The van der Waals surface area contributed by atoms with Gasteiger partial charge in [-0.3, -0.25) is 0 Å². The standard InChI is InChI=1S/C38H26F51NO4Si/c1-11(2)12(13(91)92)90-14(93)94-6-10-95(7-3-15(39,40)18(45,46)21(51,52)24(57,58)27(63,64)30(69,70)33(75,76)36(81,82)83,8-4-16(41,42)19(47,48)22(53,54)25(59,60)28(65,66)31(71,72)34(77,78)37(84,85)86)9-5-17(43,44)20(49,50)23(55,56)26(61,62)29(67,68)32(73,74)35(79,80)38(87,88)89/h11-12H,3-10H2,1-2H3,(H,90,93)(H,91,92)/t12-/m0/s1. The fourth-order valence-corrected chi connectivity index (χ4v) is 11.7. The molecule has 5 nitrogen and oxygen atoms in total. The van der Waals surface area contributed by atoms with Crippen molar-refractivity contribution in [3.8, 4) is 0 Å². The Kier molecular flexibility index (Phi) is 23.7. The molecule has 1 atom stereocenters. The van der Waals surface area contributed by atoms with E-state index < -0.39 is 225 Å². The van der Waals surface area contributed by atoms with E-state index in [0.717, 1.165) is 5.32 Å². The molecule has 57 heteroatoms. The predicted octanol–water partition coefficient (Wildman–Crippen LogP) is 19.5. The second-order valence-electron chi connectivity index (χ2n) is 20.0. The lowest BCUT2D eigenvalue weighted by atomic mass is 9.88. The number of carbonyl (C=O) groups excluding carboxylic acids is 1. The zero-order valence-corrected chi connectivity index (χ0v) is 44.8. The minimum Gasteiger partial charge on any atom is -0.480 e. The molecule has 0 fully saturated rings. The van der Waals surface area contributed by atoms with E-state index in [1.807, 2.05) is 0 Å². The average Bonchev–Trinajstić information content (AvgIpc) is 0.709. The summed E-state index contributed by atoms with van der Waals surface area (Å²) < 4.78 is 722. The van der Waals surface area contributed by atoms with Crippen molar-refractivity contribution in [2.24, 2.45) is 5.92 Å². The van der Waals surface area contributed by atoms with E-state index >= 15 is 52.7 Å². The normalized spacial score (nSPS) is 16.8. The minimum absolute atomic E-state index is 0.677. The molecule has 2 N–H and O–H groups in total. The van der Waals surface area contributed by atoms with Crippen LogP contribution in [0.5, 0.6) is 0 Å². The molecule has 0 aliphatic heterocycles. The first kappa shape index (κ1) is 90.4. The molecule has 0 spiro atoms. The van der Waals surface area contributed by atoms with Gasteiger partial charge in [-0.25, -0.2) is 9.59 Å². The maximum absolute atomic E-state index is 15.4. The van der Waals surface area contributed by atoms with Crippen LogP contribution in [0.2, 0.25) is 24.2 Å². The Morgan fingerprint density at radius 2 is 0.463 bits per heavy atom. The highest BCUT2D eigenvalue weighted by Gasteiger charge is 2.99. The van der Waals surface area contributed by atoms with Gasteiger partial charge in [0.2, 0.25) is 0 Å². The Hall–Kier alpha value is -4.61. The van der Waals surface area contributed by atoms with E-state index in [4.69, 9.17) is 5.11 Å². The van der Waals surface area contributed by atoms with E-state index in [1.54, 1.807) is 0 Å². The Balaban J connectivity index is 9.29. The van der Waals surface area contributed by atoms with Gasteiger partial charge in [0.25, 0.3) is 0 Å². The van der Waals surface area contributed by atoms with Crippen LogP contribution in [-0.2, 0) is 9.53 Å². The fourth-order valence-electron chi connectivity index (χ4n) is 7.12. The van der Waals surface area contributed by atoms with Gasteiger partial charge in [-0.05, 0) is 12.0 Å². The third-order valence-corrected chi connectivity index (χ3v) is 18.5. The quantitative estimate of drug-likeness (QED) is 0.0507. The molecule has 0 aromatic rings. The van der Waals surface area contributed by atoms with Crippen molar-refractivity contribution in [3.05, 3.63) is 0 Å². The summed E-state index contributed by atoms with van der Waals surface area (Å²) in [6.07, 6.45) is -42.3. The maximum atomic E-state index is 15.4. The Morgan fingerprint density at radius 1 is 0.295 bits per heavy atom. The molecule has 0 rings (SSSR count). The van der Waals surface area contributed by atoms with Crippen molar-refractivity contribution < 1.29 is 243 Å². The summed E-state index contributed by atoms with van der Waals surface area (Å²) in [5.74, 6) is -200. The Bertz CT molecular complexity index is 2420. The SMILES string of the molecule is CC(C)[C@H](NC(=O)OCC[Si](CCC(F)(F)C(F)(F)C(F)(F)C(F)(F)C(F)(F)C(F)(F)C(F)(F)C(F)(F)F)(CCC(F)(F)C(F)(F)C(F)(F)C(F)(F)C(F)(F)C(F)(F)C(F)(F)C(F)(F)F)CCC(F)(F)C(F)(F)C(F)(F)C(F)(F)C(F)(F)C(F)(F)C(F)(F)C(F)(F)F)C(=O)O. The van der Waals surface area contributed by atoms with Gasteiger partial charge in [-0.2, -0.15) is 224 Å². The first-order valence-electron chi connectivity index (χ1n) is 22.8. The molecule has 1 amide bonds. The lowest BCUT2D eigenvalue weighted by Gasteiger charge is -2.44. The van der Waals surface area contributed by atoms with E-state index in [0.29, 0.717) is 13.8 Å². The van der Waals surface area contributed by atoms with Crippen molar-refractivity contribution in [3.63, 3.8) is 0 Å². The Morgan fingerprint density at radius 3 is 0.621 bits per heavy atom. The van der Waals surface area contributed by atoms with Crippen LogP contribution < -0.4 is 5.32 Å². The second kappa shape index (κ2) is 24.9. The lowest BCUT2D eigenvalue weighted by molar-refractivity contribution is -0.461. The molecule has 0 aliphatic carbocycles. The molecule has 0 aromatic heterocycles. The van der Waals surface area contributed by atoms with Gasteiger partial charge in [-0.15, -0.1) is 0 Å². The molecule has 0 aliphatic rings. The monoisotopic (exact) mass is 1560 g/mol. The summed E-state index contributed by atoms with van der Waals surface area (Å²) in [6, 6.07) is -17.6. The molecule has 0 bridgehead atoms. The zero-order chi connectivity index (χ0) is 77.9. The number of alkyl carbamates (subject to hydrolysis) is 1. The number of hydrogen-bond acceptors (Lipinski definition) is 3. The number of carbonyl (C=O) groups is 2. The molecule has 95 heavy (non-hydrogen) atoms. The first-order valence-corrected chi connectivity index (χ1v) is 25.6. The van der Waals surface area contributed by atoms with Gasteiger partial charge in [-0.1, -0.05) is 32.0 Å². The molecule has 0 radical (unpaired) electrons. The van der Waals surface area contributed by atoms with E-state index in [9.17, 15) is 181 Å². The van der Waals surface area contributed by atoms with Gasteiger partial charge in [0, 0.05) is 19.3 Å². The number of amides is 1. The van der Waals surface area contributed by atoms with E-state index in [-0.39, 0.29) is 0 Å². The molecule has 0 heterocycles. The second-order valence-corrected chi connectivity index (χ2v) is 25.0. The fraction of sp³-hybridized carbons (Fsp3) is 0.947. The van der Waals surface area contributed by atoms with Crippen molar-refractivity contribution in [1.29, 1.82) is 0 Å². The molecule has 0 aromatic carbocycles. The van der Waals surface area contributed by atoms with Crippen LogP contribution in [0, 0.1) is 5.92 Å². The summed E-state index contributed by atoms with van der Waals surface area (Å²) >= 11 is 0. The van der Waals surface area contributed by atoms with Crippen LogP contribution in [0.3, 0.4) is 0 Å². The van der Waals surface area contributed by atoms with Crippen molar-refractivity contribution in [2.75, 3.05) is 6.61 Å². The van der Waals surface area contributed by atoms with Crippen LogP contribution in [0.25, 0.3) is 0 Å².